The lowest BCUT2D eigenvalue weighted by Gasteiger charge is -2.06. The second kappa shape index (κ2) is 4.46. The van der Waals surface area contributed by atoms with Crippen LogP contribution < -0.4 is 10.6 Å². The zero-order chi connectivity index (χ0) is 9.80. The average Bonchev–Trinajstić information content (AvgIpc) is 2.67. The zero-order valence-electron chi connectivity index (χ0n) is 7.76. The number of halogens is 1. The van der Waals surface area contributed by atoms with Crippen molar-refractivity contribution < 1.29 is 0 Å². The Morgan fingerprint density at radius 2 is 2.43 bits per heavy atom. The smallest absolute Gasteiger partial charge is 0.191 e. The molecule has 14 heavy (non-hydrogen) atoms. The molecule has 0 atom stereocenters. The van der Waals surface area contributed by atoms with Gasteiger partial charge in [-0.3, -0.25) is 4.99 Å². The molecule has 0 saturated heterocycles. The predicted molar refractivity (Wildman–Crippen MR) is 61.3 cm³/mol. The molecular weight excluding hydrogens is 242 g/mol. The zero-order valence-corrected chi connectivity index (χ0v) is 9.34. The van der Waals surface area contributed by atoms with E-state index in [2.05, 4.69) is 43.7 Å². The Labute approximate surface area is 91.7 Å². The van der Waals surface area contributed by atoms with Gasteiger partial charge in [0.2, 0.25) is 0 Å². The summed E-state index contributed by atoms with van der Waals surface area (Å²) in [5, 5.41) is 6.41. The highest BCUT2D eigenvalue weighted by atomic mass is 79.9. The summed E-state index contributed by atoms with van der Waals surface area (Å²) in [6.45, 7) is 2.63. The summed E-state index contributed by atoms with van der Waals surface area (Å²) in [4.78, 5) is 4.26. The molecule has 0 unspecified atom stereocenters. The normalized spacial score (nSPS) is 14.8. The van der Waals surface area contributed by atoms with Crippen LogP contribution in [-0.2, 0) is 6.54 Å². The maximum atomic E-state index is 4.26. The van der Waals surface area contributed by atoms with E-state index < -0.39 is 0 Å². The summed E-state index contributed by atoms with van der Waals surface area (Å²) < 4.78 is 1.11. The van der Waals surface area contributed by atoms with Crippen LogP contribution in [0.4, 0.5) is 0 Å². The molecule has 1 aromatic carbocycles. The number of guanidine groups is 1. The maximum Gasteiger partial charge on any atom is 0.191 e. The minimum Gasteiger partial charge on any atom is -0.355 e. The summed E-state index contributed by atoms with van der Waals surface area (Å²) in [5.74, 6) is 0.907. The van der Waals surface area contributed by atoms with E-state index in [4.69, 9.17) is 0 Å². The Hall–Kier alpha value is -1.03. The quantitative estimate of drug-likeness (QED) is 0.839. The van der Waals surface area contributed by atoms with E-state index in [0.717, 1.165) is 30.1 Å². The van der Waals surface area contributed by atoms with Crippen molar-refractivity contribution in [2.75, 3.05) is 13.1 Å². The van der Waals surface area contributed by atoms with Crippen LogP contribution in [0.1, 0.15) is 5.56 Å². The Bertz CT molecular complexity index is 349. The van der Waals surface area contributed by atoms with Gasteiger partial charge in [0, 0.05) is 17.6 Å². The fourth-order valence-corrected chi connectivity index (χ4v) is 1.80. The Morgan fingerprint density at radius 1 is 1.50 bits per heavy atom. The fraction of sp³-hybridized carbons (Fsp3) is 0.300. The number of hydrogen-bond donors (Lipinski definition) is 2. The maximum absolute atomic E-state index is 4.26. The van der Waals surface area contributed by atoms with E-state index in [-0.39, 0.29) is 0 Å². The molecule has 3 nitrogen and oxygen atoms in total. The number of hydrogen-bond acceptors (Lipinski definition) is 3. The highest BCUT2D eigenvalue weighted by molar-refractivity contribution is 9.10. The van der Waals surface area contributed by atoms with Crippen LogP contribution in [0.5, 0.6) is 0 Å². The fourth-order valence-electron chi connectivity index (χ4n) is 1.35. The first-order valence-electron chi connectivity index (χ1n) is 4.61. The van der Waals surface area contributed by atoms with Crippen LogP contribution in [0.25, 0.3) is 0 Å². The molecule has 0 spiro atoms. The van der Waals surface area contributed by atoms with Crippen LogP contribution in [0.15, 0.2) is 33.7 Å². The molecule has 1 heterocycles. The lowest BCUT2D eigenvalue weighted by atomic mass is 10.2. The van der Waals surface area contributed by atoms with E-state index in [1.54, 1.807) is 0 Å². The van der Waals surface area contributed by atoms with Crippen molar-refractivity contribution in [2.24, 2.45) is 4.99 Å². The molecule has 4 heteroatoms. The van der Waals surface area contributed by atoms with E-state index in [1.165, 1.54) is 5.56 Å². The van der Waals surface area contributed by atoms with Crippen molar-refractivity contribution in [1.29, 1.82) is 0 Å². The van der Waals surface area contributed by atoms with Gasteiger partial charge in [0.05, 0.1) is 6.54 Å². The molecule has 0 amide bonds. The predicted octanol–water partition coefficient (Wildman–Crippen LogP) is 1.50. The Kier molecular flexibility index (Phi) is 3.03. The summed E-state index contributed by atoms with van der Waals surface area (Å²) in [5.41, 5.74) is 1.25. The average molecular weight is 254 g/mol. The Morgan fingerprint density at radius 3 is 3.14 bits per heavy atom. The van der Waals surface area contributed by atoms with Gasteiger partial charge < -0.3 is 10.6 Å². The third-order valence-electron chi connectivity index (χ3n) is 2.02. The van der Waals surface area contributed by atoms with Crippen molar-refractivity contribution in [3.63, 3.8) is 0 Å². The van der Waals surface area contributed by atoms with Gasteiger partial charge in [0.15, 0.2) is 5.96 Å². The number of aliphatic imine (C=N–C) groups is 1. The molecule has 0 saturated carbocycles. The van der Waals surface area contributed by atoms with E-state index in [1.807, 2.05) is 12.1 Å². The summed E-state index contributed by atoms with van der Waals surface area (Å²) in [6, 6.07) is 8.25. The van der Waals surface area contributed by atoms with Gasteiger partial charge in [0.25, 0.3) is 0 Å². The number of rotatable bonds is 2. The topological polar surface area (TPSA) is 36.4 Å². The third-order valence-corrected chi connectivity index (χ3v) is 2.52. The first kappa shape index (κ1) is 9.52. The highest BCUT2D eigenvalue weighted by Gasteiger charge is 2.03. The minimum atomic E-state index is 0.811. The standard InChI is InChI=1S/C10H12BrN3/c11-9-3-1-2-8(6-9)7-14-10-12-4-5-13-10/h1-3,6H,4-5,7H2,(H2,12,13,14). The lowest BCUT2D eigenvalue weighted by molar-refractivity contribution is 0.866. The second-order valence-electron chi connectivity index (χ2n) is 3.14. The van der Waals surface area contributed by atoms with Gasteiger partial charge in [-0.2, -0.15) is 0 Å². The summed E-state index contributed by atoms with van der Waals surface area (Å²) in [6.07, 6.45) is 0. The third kappa shape index (κ3) is 2.48. The second-order valence-corrected chi connectivity index (χ2v) is 4.06. The van der Waals surface area contributed by atoms with Gasteiger partial charge in [0.1, 0.15) is 0 Å². The number of nitrogens with one attached hydrogen (secondary N) is 2. The van der Waals surface area contributed by atoms with Crippen LogP contribution in [0.3, 0.4) is 0 Å². The van der Waals surface area contributed by atoms with E-state index >= 15 is 0 Å². The number of nitrogens with zero attached hydrogens (tertiary/aromatic N) is 1. The number of benzene rings is 1. The van der Waals surface area contributed by atoms with Gasteiger partial charge in [-0.15, -0.1) is 0 Å². The molecule has 1 aliphatic rings. The molecular formula is C10H12BrN3. The van der Waals surface area contributed by atoms with Crippen LogP contribution >= 0.6 is 15.9 Å². The van der Waals surface area contributed by atoms with Crippen molar-refractivity contribution in [3.8, 4) is 0 Å². The molecule has 2 rings (SSSR count). The largest absolute Gasteiger partial charge is 0.355 e. The minimum absolute atomic E-state index is 0.811. The van der Waals surface area contributed by atoms with Crippen molar-refractivity contribution >= 4 is 21.9 Å². The monoisotopic (exact) mass is 253 g/mol. The van der Waals surface area contributed by atoms with Crippen LogP contribution in [-0.4, -0.2) is 19.0 Å². The molecule has 0 radical (unpaired) electrons. The highest BCUT2D eigenvalue weighted by Crippen LogP contribution is 2.11. The molecule has 0 aromatic heterocycles. The SMILES string of the molecule is Brc1cccc(CNC2=NCCN2)c1. The van der Waals surface area contributed by atoms with Crippen molar-refractivity contribution in [3.05, 3.63) is 34.3 Å². The van der Waals surface area contributed by atoms with E-state index in [9.17, 15) is 0 Å². The van der Waals surface area contributed by atoms with Crippen LogP contribution in [0, 0.1) is 0 Å². The lowest BCUT2D eigenvalue weighted by Crippen LogP contribution is -2.33. The van der Waals surface area contributed by atoms with Gasteiger partial charge in [-0.25, -0.2) is 0 Å². The molecule has 74 valence electrons. The van der Waals surface area contributed by atoms with Crippen molar-refractivity contribution in [1.82, 2.24) is 10.6 Å². The molecule has 0 fully saturated rings. The van der Waals surface area contributed by atoms with Gasteiger partial charge >= 0.3 is 0 Å². The van der Waals surface area contributed by atoms with Gasteiger partial charge in [-0.1, -0.05) is 28.1 Å². The van der Waals surface area contributed by atoms with Gasteiger partial charge in [-0.05, 0) is 17.7 Å². The van der Waals surface area contributed by atoms with Crippen LogP contribution in [0.2, 0.25) is 0 Å². The molecule has 0 bridgehead atoms. The van der Waals surface area contributed by atoms with Crippen molar-refractivity contribution in [2.45, 2.75) is 6.54 Å². The summed E-state index contributed by atoms with van der Waals surface area (Å²) in [7, 11) is 0. The molecule has 2 N–H and O–H groups in total. The first-order valence-corrected chi connectivity index (χ1v) is 5.40. The first-order chi connectivity index (χ1) is 6.84. The summed E-state index contributed by atoms with van der Waals surface area (Å²) >= 11 is 3.44. The molecule has 1 aliphatic heterocycles. The molecule has 0 aliphatic carbocycles. The molecule has 1 aromatic rings. The van der Waals surface area contributed by atoms with E-state index in [0.29, 0.717) is 0 Å². The Balaban J connectivity index is 1.91.